The molecule has 0 aliphatic carbocycles. The maximum absolute atomic E-state index is 12.6. The smallest absolute Gasteiger partial charge is 0.338 e. The van der Waals surface area contributed by atoms with Crippen LogP contribution in [-0.2, 0) is 9.53 Å². The molecule has 1 aromatic carbocycles. The number of fused-ring (bicyclic) bond motifs is 1. The molecule has 25 heavy (non-hydrogen) atoms. The highest BCUT2D eigenvalue weighted by Gasteiger charge is 2.35. The minimum absolute atomic E-state index is 0.00592. The molecule has 2 aromatic rings. The van der Waals surface area contributed by atoms with E-state index in [0.29, 0.717) is 22.8 Å². The highest BCUT2D eigenvalue weighted by atomic mass is 16.5. The van der Waals surface area contributed by atoms with E-state index in [0.717, 1.165) is 0 Å². The van der Waals surface area contributed by atoms with Gasteiger partial charge in [0.15, 0.2) is 11.5 Å². The van der Waals surface area contributed by atoms with Gasteiger partial charge >= 0.3 is 5.97 Å². The number of esters is 1. The van der Waals surface area contributed by atoms with Crippen molar-refractivity contribution >= 4 is 11.9 Å². The van der Waals surface area contributed by atoms with Gasteiger partial charge in [0.1, 0.15) is 12.6 Å². The molecule has 0 bridgehead atoms. The number of ether oxygens (including phenoxy) is 2. The van der Waals surface area contributed by atoms with Crippen LogP contribution >= 0.6 is 0 Å². The SMILES string of the molecule is C=CCOC(=O)C1=C(C)Nc2nnnn2[C@@H]1c1ccc(O)c(OC)c1. The summed E-state index contributed by atoms with van der Waals surface area (Å²) in [5.41, 5.74) is 1.59. The molecule has 2 N–H and O–H groups in total. The third-order valence-corrected chi connectivity index (χ3v) is 3.79. The van der Waals surface area contributed by atoms with Gasteiger partial charge in [-0.2, -0.15) is 4.68 Å². The summed E-state index contributed by atoms with van der Waals surface area (Å²) in [4.78, 5) is 12.6. The molecule has 1 aromatic heterocycles. The number of nitrogens with zero attached hydrogens (tertiary/aromatic N) is 4. The second-order valence-electron chi connectivity index (χ2n) is 5.33. The van der Waals surface area contributed by atoms with Crippen LogP contribution < -0.4 is 10.1 Å². The molecule has 9 nitrogen and oxygen atoms in total. The van der Waals surface area contributed by atoms with Crippen LogP contribution in [0, 0.1) is 0 Å². The van der Waals surface area contributed by atoms with Crippen molar-refractivity contribution in [3.63, 3.8) is 0 Å². The lowest BCUT2D eigenvalue weighted by Crippen LogP contribution is -2.29. The number of aromatic hydroxyl groups is 1. The van der Waals surface area contributed by atoms with Gasteiger partial charge in [-0.1, -0.05) is 23.8 Å². The highest BCUT2D eigenvalue weighted by Crippen LogP contribution is 2.38. The van der Waals surface area contributed by atoms with Crippen molar-refractivity contribution in [3.8, 4) is 11.5 Å². The summed E-state index contributed by atoms with van der Waals surface area (Å²) >= 11 is 0. The first-order valence-corrected chi connectivity index (χ1v) is 7.47. The van der Waals surface area contributed by atoms with Crippen molar-refractivity contribution in [2.24, 2.45) is 0 Å². The molecule has 1 atom stereocenters. The zero-order chi connectivity index (χ0) is 18.0. The molecule has 130 valence electrons. The first-order chi connectivity index (χ1) is 12.1. The Kier molecular flexibility index (Phi) is 4.38. The van der Waals surface area contributed by atoms with Crippen molar-refractivity contribution in [2.75, 3.05) is 19.0 Å². The summed E-state index contributed by atoms with van der Waals surface area (Å²) in [6, 6.07) is 4.17. The number of hydrogen-bond donors (Lipinski definition) is 2. The zero-order valence-corrected chi connectivity index (χ0v) is 13.8. The predicted octanol–water partition coefficient (Wildman–Crippen LogP) is 1.41. The molecule has 1 aliphatic heterocycles. The van der Waals surface area contributed by atoms with Gasteiger partial charge in [-0.15, -0.1) is 0 Å². The second kappa shape index (κ2) is 6.63. The number of aromatic nitrogens is 4. The van der Waals surface area contributed by atoms with E-state index in [4.69, 9.17) is 9.47 Å². The monoisotopic (exact) mass is 343 g/mol. The summed E-state index contributed by atoms with van der Waals surface area (Å²) in [5, 5.41) is 24.3. The Morgan fingerprint density at radius 3 is 3.04 bits per heavy atom. The van der Waals surface area contributed by atoms with Crippen LogP contribution in [-0.4, -0.2) is 45.0 Å². The largest absolute Gasteiger partial charge is 0.504 e. The van der Waals surface area contributed by atoms with Gasteiger partial charge in [0.25, 0.3) is 0 Å². The van der Waals surface area contributed by atoms with Crippen LogP contribution in [0.1, 0.15) is 18.5 Å². The molecule has 0 radical (unpaired) electrons. The number of methoxy groups -OCH3 is 1. The summed E-state index contributed by atoms with van der Waals surface area (Å²) < 4.78 is 11.8. The van der Waals surface area contributed by atoms with Crippen molar-refractivity contribution in [3.05, 3.63) is 47.7 Å². The Labute approximate surface area is 143 Å². The Morgan fingerprint density at radius 2 is 2.32 bits per heavy atom. The van der Waals surface area contributed by atoms with Crippen LogP contribution in [0.4, 0.5) is 5.95 Å². The molecule has 9 heteroatoms. The average Bonchev–Trinajstić information content (AvgIpc) is 3.07. The van der Waals surface area contributed by atoms with E-state index in [9.17, 15) is 9.90 Å². The number of benzene rings is 1. The third-order valence-electron chi connectivity index (χ3n) is 3.79. The van der Waals surface area contributed by atoms with Gasteiger partial charge in [0.05, 0.1) is 12.7 Å². The van der Waals surface area contributed by atoms with Crippen LogP contribution in [0.2, 0.25) is 0 Å². The van der Waals surface area contributed by atoms with E-state index >= 15 is 0 Å². The summed E-state index contributed by atoms with van der Waals surface area (Å²) in [6.07, 6.45) is 1.49. The van der Waals surface area contributed by atoms with E-state index in [1.165, 1.54) is 23.9 Å². The molecule has 0 saturated carbocycles. The Morgan fingerprint density at radius 1 is 1.52 bits per heavy atom. The fourth-order valence-electron chi connectivity index (χ4n) is 2.66. The fraction of sp³-hybridized carbons (Fsp3) is 0.250. The normalized spacial score (nSPS) is 16.0. The Bertz CT molecular complexity index is 858. The third kappa shape index (κ3) is 2.91. The molecule has 1 aliphatic rings. The van der Waals surface area contributed by atoms with Gasteiger partial charge < -0.3 is 19.9 Å². The van der Waals surface area contributed by atoms with E-state index in [1.54, 1.807) is 19.1 Å². The lowest BCUT2D eigenvalue weighted by Gasteiger charge is -2.27. The zero-order valence-electron chi connectivity index (χ0n) is 13.8. The molecule has 0 amide bonds. The van der Waals surface area contributed by atoms with E-state index in [2.05, 4.69) is 27.4 Å². The fourth-order valence-corrected chi connectivity index (χ4v) is 2.66. The lowest BCUT2D eigenvalue weighted by molar-refractivity contribution is -0.138. The van der Waals surface area contributed by atoms with Gasteiger partial charge in [-0.05, 0) is 35.0 Å². The first kappa shape index (κ1) is 16.5. The molecular weight excluding hydrogens is 326 g/mol. The maximum Gasteiger partial charge on any atom is 0.338 e. The highest BCUT2D eigenvalue weighted by molar-refractivity contribution is 5.92. The minimum Gasteiger partial charge on any atom is -0.504 e. The predicted molar refractivity (Wildman–Crippen MR) is 88.1 cm³/mol. The number of phenolic OH excluding ortho intramolecular Hbond substituents is 1. The van der Waals surface area contributed by atoms with E-state index < -0.39 is 12.0 Å². The van der Waals surface area contributed by atoms with Gasteiger partial charge in [0, 0.05) is 5.70 Å². The molecular formula is C16H17N5O4. The molecule has 2 heterocycles. The number of tetrazole rings is 1. The molecule has 0 saturated heterocycles. The molecule has 0 unspecified atom stereocenters. The number of allylic oxidation sites excluding steroid dienone is 1. The standard InChI is InChI=1S/C16H17N5O4/c1-4-7-25-15(23)13-9(2)17-16-18-19-20-21(16)14(13)10-5-6-11(22)12(8-10)24-3/h4-6,8,14,22H,1,7H2,2-3H3,(H,17,18,20)/t14-/m1/s1. The van der Waals surface area contributed by atoms with Crippen molar-refractivity contribution in [1.82, 2.24) is 20.2 Å². The number of carbonyl (C=O) groups is 1. The number of rotatable bonds is 5. The molecule has 0 spiro atoms. The minimum atomic E-state index is -0.627. The number of nitrogens with one attached hydrogen (secondary N) is 1. The van der Waals surface area contributed by atoms with Gasteiger partial charge in [-0.3, -0.25) is 0 Å². The Balaban J connectivity index is 2.12. The first-order valence-electron chi connectivity index (χ1n) is 7.47. The lowest BCUT2D eigenvalue weighted by atomic mass is 9.95. The summed E-state index contributed by atoms with van der Waals surface area (Å²) in [5.74, 6) is 0.161. The van der Waals surface area contributed by atoms with Crippen LogP contribution in [0.25, 0.3) is 0 Å². The van der Waals surface area contributed by atoms with Crippen molar-refractivity contribution < 1.29 is 19.4 Å². The van der Waals surface area contributed by atoms with E-state index in [1.807, 2.05) is 0 Å². The van der Waals surface area contributed by atoms with Crippen molar-refractivity contribution in [1.29, 1.82) is 0 Å². The average molecular weight is 343 g/mol. The second-order valence-corrected chi connectivity index (χ2v) is 5.33. The number of anilines is 1. The number of hydrogen-bond acceptors (Lipinski definition) is 8. The summed E-state index contributed by atoms with van der Waals surface area (Å²) in [7, 11) is 1.45. The number of carbonyl (C=O) groups excluding carboxylic acids is 1. The Hall–Kier alpha value is -3.36. The topological polar surface area (TPSA) is 111 Å². The molecule has 3 rings (SSSR count). The van der Waals surface area contributed by atoms with Crippen LogP contribution in [0.15, 0.2) is 42.1 Å². The van der Waals surface area contributed by atoms with Crippen LogP contribution in [0.5, 0.6) is 11.5 Å². The van der Waals surface area contributed by atoms with Gasteiger partial charge in [0.2, 0.25) is 5.95 Å². The quantitative estimate of drug-likeness (QED) is 0.619. The summed E-state index contributed by atoms with van der Waals surface area (Å²) in [6.45, 7) is 5.37. The van der Waals surface area contributed by atoms with Gasteiger partial charge in [-0.25, -0.2) is 4.79 Å². The van der Waals surface area contributed by atoms with E-state index in [-0.39, 0.29) is 18.1 Å². The maximum atomic E-state index is 12.6. The van der Waals surface area contributed by atoms with Crippen LogP contribution in [0.3, 0.4) is 0 Å². The molecule has 0 fully saturated rings. The number of phenols is 1. The van der Waals surface area contributed by atoms with Crippen molar-refractivity contribution in [2.45, 2.75) is 13.0 Å².